The summed E-state index contributed by atoms with van der Waals surface area (Å²) in [6.07, 6.45) is 18.9. The number of thioether (sulfide) groups is 1. The van der Waals surface area contributed by atoms with Gasteiger partial charge >= 0.3 is 13.3 Å². The summed E-state index contributed by atoms with van der Waals surface area (Å²) in [5, 5.41) is 9.55. The van der Waals surface area contributed by atoms with Crippen LogP contribution < -0.4 is 0 Å². The quantitative estimate of drug-likeness (QED) is 0.106. The van der Waals surface area contributed by atoms with E-state index in [1.165, 1.54) is 83.5 Å². The summed E-state index contributed by atoms with van der Waals surface area (Å²) in [5.41, 5.74) is -1.48. The molecule has 1 N–H and O–H groups in total. The summed E-state index contributed by atoms with van der Waals surface area (Å²) in [4.78, 5) is 11.5. The van der Waals surface area contributed by atoms with Crippen LogP contribution in [0.3, 0.4) is 0 Å². The van der Waals surface area contributed by atoms with Crippen LogP contribution in [-0.4, -0.2) is 34.5 Å². The predicted octanol–water partition coefficient (Wildman–Crippen LogP) is 9.68. The highest BCUT2D eigenvalue weighted by Gasteiger charge is 2.38. The van der Waals surface area contributed by atoms with Gasteiger partial charge < -0.3 is 9.63 Å². The second-order valence-electron chi connectivity index (χ2n) is 8.86. The van der Waals surface area contributed by atoms with E-state index in [-0.39, 0.29) is 11.9 Å². The van der Waals surface area contributed by atoms with Crippen molar-refractivity contribution in [2.75, 3.05) is 12.4 Å². The van der Waals surface area contributed by atoms with Gasteiger partial charge in [-0.1, -0.05) is 104 Å². The van der Waals surface area contributed by atoms with Crippen LogP contribution in [0.1, 0.15) is 130 Å². The molecule has 0 amide bonds. The molecular formula is C25H51O5PS. The van der Waals surface area contributed by atoms with E-state index in [0.717, 1.165) is 18.6 Å². The summed E-state index contributed by atoms with van der Waals surface area (Å²) >= 11 is 1.85. The van der Waals surface area contributed by atoms with Gasteiger partial charge in [0.25, 0.3) is 0 Å². The van der Waals surface area contributed by atoms with Gasteiger partial charge in [-0.15, -0.1) is 0 Å². The standard InChI is InChI=1S/C25H51O5PS/c1-5-8-10-12-13-14-15-17-19-22-32-24(20-18-16-11-9-6-2)23(4)30-31(28,25(26)27)29-21-7-3/h23-24H,5-22H2,1-4H3,(H,26,27). The highest BCUT2D eigenvalue weighted by Crippen LogP contribution is 2.51. The molecule has 0 aromatic carbocycles. The fraction of sp³-hybridized carbons (Fsp3) is 0.960. The zero-order chi connectivity index (χ0) is 24.1. The minimum Gasteiger partial charge on any atom is -0.472 e. The van der Waals surface area contributed by atoms with Gasteiger partial charge in [0.1, 0.15) is 0 Å². The number of hydrogen-bond donors (Lipinski definition) is 1. The molecule has 192 valence electrons. The van der Waals surface area contributed by atoms with Crippen molar-refractivity contribution >= 4 is 25.1 Å². The maximum absolute atomic E-state index is 12.7. The summed E-state index contributed by atoms with van der Waals surface area (Å²) in [5.74, 6) is 1.04. The van der Waals surface area contributed by atoms with Crippen LogP contribution in [0.2, 0.25) is 0 Å². The van der Waals surface area contributed by atoms with Crippen molar-refractivity contribution in [3.05, 3.63) is 0 Å². The number of unbranched alkanes of at least 4 members (excludes halogenated alkanes) is 12. The van der Waals surface area contributed by atoms with Crippen LogP contribution in [0.4, 0.5) is 4.79 Å². The monoisotopic (exact) mass is 494 g/mol. The van der Waals surface area contributed by atoms with Gasteiger partial charge in [0.2, 0.25) is 0 Å². The van der Waals surface area contributed by atoms with Crippen molar-refractivity contribution in [1.29, 1.82) is 0 Å². The number of hydrogen-bond acceptors (Lipinski definition) is 5. The lowest BCUT2D eigenvalue weighted by molar-refractivity contribution is 0.142. The molecule has 7 heteroatoms. The second kappa shape index (κ2) is 21.5. The summed E-state index contributed by atoms with van der Waals surface area (Å²) in [7, 11) is -4.13. The van der Waals surface area contributed by atoms with Crippen molar-refractivity contribution in [1.82, 2.24) is 0 Å². The third-order valence-corrected chi connectivity index (χ3v) is 8.87. The second-order valence-corrected chi connectivity index (χ2v) is 12.1. The first-order chi connectivity index (χ1) is 15.4. The first-order valence-electron chi connectivity index (χ1n) is 13.2. The Morgan fingerprint density at radius 3 is 1.81 bits per heavy atom. The molecule has 0 radical (unpaired) electrons. The lowest BCUT2D eigenvalue weighted by Crippen LogP contribution is -2.25. The Balaban J connectivity index is 4.49. The van der Waals surface area contributed by atoms with Crippen LogP contribution in [-0.2, 0) is 13.6 Å². The van der Waals surface area contributed by atoms with Crippen molar-refractivity contribution in [3.63, 3.8) is 0 Å². The normalized spacial score (nSPS) is 15.4. The Labute approximate surface area is 202 Å². The van der Waals surface area contributed by atoms with E-state index in [4.69, 9.17) is 9.05 Å². The maximum Gasteiger partial charge on any atom is 0.438 e. The topological polar surface area (TPSA) is 72.8 Å². The van der Waals surface area contributed by atoms with E-state index >= 15 is 0 Å². The molecule has 3 atom stereocenters. The molecule has 32 heavy (non-hydrogen) atoms. The van der Waals surface area contributed by atoms with Gasteiger partial charge in [-0.2, -0.15) is 11.8 Å². The molecule has 0 rings (SSSR count). The van der Waals surface area contributed by atoms with E-state index < -0.39 is 19.4 Å². The van der Waals surface area contributed by atoms with Gasteiger partial charge in [0, 0.05) is 5.25 Å². The molecular weight excluding hydrogens is 443 g/mol. The molecule has 0 aliphatic carbocycles. The number of carbonyl (C=O) groups is 1. The van der Waals surface area contributed by atoms with Gasteiger partial charge in [0.05, 0.1) is 12.7 Å². The molecule has 0 aliphatic heterocycles. The third-order valence-electron chi connectivity index (χ3n) is 5.70. The zero-order valence-corrected chi connectivity index (χ0v) is 23.0. The van der Waals surface area contributed by atoms with Gasteiger partial charge in [-0.05, 0) is 31.9 Å². The fourth-order valence-corrected chi connectivity index (χ4v) is 6.36. The van der Waals surface area contributed by atoms with Crippen LogP contribution in [0.25, 0.3) is 0 Å². The highest BCUT2D eigenvalue weighted by atomic mass is 32.2. The molecule has 0 saturated carbocycles. The molecule has 0 aromatic heterocycles. The molecule has 0 aliphatic rings. The van der Waals surface area contributed by atoms with Crippen molar-refractivity contribution in [2.45, 2.75) is 142 Å². The molecule has 0 aromatic rings. The van der Waals surface area contributed by atoms with Crippen molar-refractivity contribution < 1.29 is 23.5 Å². The fourth-order valence-electron chi connectivity index (χ4n) is 3.68. The molecule has 0 heterocycles. The Hall–Kier alpha value is -0.0300. The van der Waals surface area contributed by atoms with Crippen LogP contribution in [0.15, 0.2) is 0 Å². The minimum absolute atomic E-state index is 0.129. The van der Waals surface area contributed by atoms with E-state index in [9.17, 15) is 14.5 Å². The SMILES string of the molecule is CCCCCCCCCCCSC(CCCCCCC)C(C)OP(=O)(OCCC)C(=O)O. The van der Waals surface area contributed by atoms with Gasteiger partial charge in [-0.3, -0.25) is 4.52 Å². The van der Waals surface area contributed by atoms with Crippen LogP contribution >= 0.6 is 19.4 Å². The Kier molecular flexibility index (Phi) is 21.5. The van der Waals surface area contributed by atoms with Gasteiger partial charge in [-0.25, -0.2) is 9.36 Å². The molecule has 0 saturated heterocycles. The summed E-state index contributed by atoms with van der Waals surface area (Å²) in [6, 6.07) is 0. The van der Waals surface area contributed by atoms with Crippen LogP contribution in [0.5, 0.6) is 0 Å². The van der Waals surface area contributed by atoms with Gasteiger partial charge in [0.15, 0.2) is 0 Å². The molecule has 0 fully saturated rings. The molecule has 5 nitrogen and oxygen atoms in total. The third kappa shape index (κ3) is 16.6. The summed E-state index contributed by atoms with van der Waals surface area (Å²) < 4.78 is 23.4. The Morgan fingerprint density at radius 1 is 0.812 bits per heavy atom. The number of carboxylic acid groups (broad SMARTS) is 1. The highest BCUT2D eigenvalue weighted by molar-refractivity contribution is 7.99. The first-order valence-corrected chi connectivity index (χ1v) is 15.8. The first kappa shape index (κ1) is 32.0. The Morgan fingerprint density at radius 2 is 1.31 bits per heavy atom. The van der Waals surface area contributed by atoms with Crippen molar-refractivity contribution in [3.8, 4) is 0 Å². The average Bonchev–Trinajstić information content (AvgIpc) is 2.77. The predicted molar refractivity (Wildman–Crippen MR) is 139 cm³/mol. The largest absolute Gasteiger partial charge is 0.472 e. The van der Waals surface area contributed by atoms with Crippen LogP contribution in [0, 0.1) is 0 Å². The minimum atomic E-state index is -4.13. The van der Waals surface area contributed by atoms with E-state index in [1.807, 2.05) is 25.6 Å². The zero-order valence-electron chi connectivity index (χ0n) is 21.3. The lowest BCUT2D eigenvalue weighted by atomic mass is 10.1. The summed E-state index contributed by atoms with van der Waals surface area (Å²) in [6.45, 7) is 8.30. The van der Waals surface area contributed by atoms with E-state index in [2.05, 4.69) is 13.8 Å². The van der Waals surface area contributed by atoms with E-state index in [0.29, 0.717) is 6.42 Å². The smallest absolute Gasteiger partial charge is 0.438 e. The Bertz CT molecular complexity index is 489. The number of rotatable bonds is 24. The molecule has 3 unspecified atom stereocenters. The lowest BCUT2D eigenvalue weighted by Gasteiger charge is -2.26. The van der Waals surface area contributed by atoms with Crippen molar-refractivity contribution in [2.24, 2.45) is 0 Å². The molecule has 0 spiro atoms. The molecule has 0 bridgehead atoms. The average molecular weight is 495 g/mol. The van der Waals surface area contributed by atoms with E-state index in [1.54, 1.807) is 0 Å². The maximum atomic E-state index is 12.7.